The predicted octanol–water partition coefficient (Wildman–Crippen LogP) is 2.70. The molecule has 1 fully saturated rings. The first-order valence-electron chi connectivity index (χ1n) is 9.21. The number of hydrogen-bond acceptors (Lipinski definition) is 3. The zero-order valence-electron chi connectivity index (χ0n) is 15.3. The van der Waals surface area contributed by atoms with E-state index < -0.39 is 0 Å². The Labute approximate surface area is 150 Å². The maximum atomic E-state index is 12.7. The van der Waals surface area contributed by atoms with E-state index in [2.05, 4.69) is 38.4 Å². The Morgan fingerprint density at radius 3 is 2.68 bits per heavy atom. The van der Waals surface area contributed by atoms with Gasteiger partial charge in [0.1, 0.15) is 5.82 Å². The Balaban J connectivity index is 1.64. The van der Waals surface area contributed by atoms with Gasteiger partial charge in [-0.1, -0.05) is 37.3 Å². The maximum Gasteiger partial charge on any atom is 0.224 e. The molecule has 1 unspecified atom stereocenters. The minimum Gasteiger partial charge on any atom is -0.334 e. The number of aryl methyl sites for hydroxylation is 1. The van der Waals surface area contributed by atoms with Crippen LogP contribution in [0.1, 0.15) is 31.2 Å². The van der Waals surface area contributed by atoms with Crippen LogP contribution in [-0.2, 0) is 17.9 Å². The van der Waals surface area contributed by atoms with E-state index >= 15 is 0 Å². The summed E-state index contributed by atoms with van der Waals surface area (Å²) in [7, 11) is 0. The van der Waals surface area contributed by atoms with Crippen molar-refractivity contribution in [2.24, 2.45) is 0 Å². The molecule has 134 valence electrons. The molecule has 1 aromatic heterocycles. The summed E-state index contributed by atoms with van der Waals surface area (Å²) in [4.78, 5) is 21.5. The standard InChI is InChI=1S/C20H28N4O/c1-3-19-16-22(13-14-23-12-10-21-17(23)2)11-9-20(25)24(19)15-18-7-5-4-6-8-18/h4-8,10,12,19H,3,9,11,13-16H2,1-2H3. The summed E-state index contributed by atoms with van der Waals surface area (Å²) in [5.74, 6) is 1.32. The molecule has 0 radical (unpaired) electrons. The molecule has 0 saturated carbocycles. The summed E-state index contributed by atoms with van der Waals surface area (Å²) in [5, 5.41) is 0. The fraction of sp³-hybridized carbons (Fsp3) is 0.500. The second kappa shape index (κ2) is 8.30. The van der Waals surface area contributed by atoms with Gasteiger partial charge in [-0.25, -0.2) is 4.98 Å². The van der Waals surface area contributed by atoms with Crippen LogP contribution in [0.15, 0.2) is 42.7 Å². The highest BCUT2D eigenvalue weighted by Crippen LogP contribution is 2.18. The van der Waals surface area contributed by atoms with Crippen molar-refractivity contribution in [3.8, 4) is 0 Å². The number of benzene rings is 1. The van der Waals surface area contributed by atoms with Crippen LogP contribution in [-0.4, -0.2) is 50.9 Å². The first kappa shape index (κ1) is 17.7. The van der Waals surface area contributed by atoms with E-state index in [9.17, 15) is 4.79 Å². The molecule has 0 bridgehead atoms. The summed E-state index contributed by atoms with van der Waals surface area (Å²) >= 11 is 0. The molecule has 2 aromatic rings. The van der Waals surface area contributed by atoms with Crippen molar-refractivity contribution in [3.05, 3.63) is 54.1 Å². The fourth-order valence-corrected chi connectivity index (χ4v) is 3.53. The van der Waals surface area contributed by atoms with Crippen LogP contribution >= 0.6 is 0 Å². The molecular weight excluding hydrogens is 312 g/mol. The summed E-state index contributed by atoms with van der Waals surface area (Å²) in [6, 6.07) is 10.6. The van der Waals surface area contributed by atoms with E-state index in [4.69, 9.17) is 0 Å². The number of carbonyl (C=O) groups excluding carboxylic acids is 1. The SMILES string of the molecule is CCC1CN(CCn2ccnc2C)CCC(=O)N1Cc1ccccc1. The van der Waals surface area contributed by atoms with Crippen LogP contribution < -0.4 is 0 Å². The van der Waals surface area contributed by atoms with Gasteiger partial charge in [-0.2, -0.15) is 0 Å². The lowest BCUT2D eigenvalue weighted by Crippen LogP contribution is -2.42. The zero-order valence-corrected chi connectivity index (χ0v) is 15.3. The third kappa shape index (κ3) is 4.48. The second-order valence-electron chi connectivity index (χ2n) is 6.79. The van der Waals surface area contributed by atoms with Gasteiger partial charge in [0.2, 0.25) is 5.91 Å². The molecule has 0 spiro atoms. The summed E-state index contributed by atoms with van der Waals surface area (Å²) in [5.41, 5.74) is 1.21. The van der Waals surface area contributed by atoms with E-state index in [0.717, 1.165) is 38.4 Å². The van der Waals surface area contributed by atoms with Crippen LogP contribution in [0.25, 0.3) is 0 Å². The summed E-state index contributed by atoms with van der Waals surface area (Å²) in [6.07, 6.45) is 5.46. The number of carbonyl (C=O) groups is 1. The number of aromatic nitrogens is 2. The molecule has 1 aliphatic heterocycles. The van der Waals surface area contributed by atoms with Gasteiger partial charge in [-0.15, -0.1) is 0 Å². The number of nitrogens with zero attached hydrogens (tertiary/aromatic N) is 4. The highest BCUT2D eigenvalue weighted by Gasteiger charge is 2.28. The second-order valence-corrected chi connectivity index (χ2v) is 6.79. The molecule has 1 atom stereocenters. The van der Waals surface area contributed by atoms with Crippen molar-refractivity contribution in [3.63, 3.8) is 0 Å². The molecule has 0 aliphatic carbocycles. The monoisotopic (exact) mass is 340 g/mol. The van der Waals surface area contributed by atoms with Gasteiger partial charge in [0.15, 0.2) is 0 Å². The molecule has 5 nitrogen and oxygen atoms in total. The van der Waals surface area contributed by atoms with Crippen LogP contribution in [0, 0.1) is 6.92 Å². The fourth-order valence-electron chi connectivity index (χ4n) is 3.53. The first-order chi connectivity index (χ1) is 12.2. The van der Waals surface area contributed by atoms with Gasteiger partial charge in [0, 0.05) is 57.6 Å². The molecule has 0 N–H and O–H groups in total. The predicted molar refractivity (Wildman–Crippen MR) is 99.1 cm³/mol. The van der Waals surface area contributed by atoms with Crippen molar-refractivity contribution in [2.45, 2.75) is 45.8 Å². The molecular formula is C20H28N4O. The lowest BCUT2D eigenvalue weighted by Gasteiger charge is -2.31. The Hall–Kier alpha value is -2.14. The average Bonchev–Trinajstić information content (AvgIpc) is 2.98. The smallest absolute Gasteiger partial charge is 0.224 e. The summed E-state index contributed by atoms with van der Waals surface area (Å²) in [6.45, 7) is 8.60. The van der Waals surface area contributed by atoms with E-state index in [1.165, 1.54) is 5.56 Å². The first-order valence-corrected chi connectivity index (χ1v) is 9.21. The van der Waals surface area contributed by atoms with E-state index in [-0.39, 0.29) is 11.9 Å². The highest BCUT2D eigenvalue weighted by molar-refractivity contribution is 5.77. The quantitative estimate of drug-likeness (QED) is 0.812. The van der Waals surface area contributed by atoms with Gasteiger partial charge in [0.05, 0.1) is 0 Å². The highest BCUT2D eigenvalue weighted by atomic mass is 16.2. The minimum atomic E-state index is 0.275. The molecule has 5 heteroatoms. The van der Waals surface area contributed by atoms with E-state index in [1.807, 2.05) is 37.5 Å². The Morgan fingerprint density at radius 1 is 1.20 bits per heavy atom. The zero-order chi connectivity index (χ0) is 17.6. The van der Waals surface area contributed by atoms with Crippen molar-refractivity contribution in [1.29, 1.82) is 0 Å². The molecule has 1 saturated heterocycles. The summed E-state index contributed by atoms with van der Waals surface area (Å²) < 4.78 is 2.18. The molecule has 25 heavy (non-hydrogen) atoms. The number of rotatable bonds is 6. The maximum absolute atomic E-state index is 12.7. The number of amides is 1. The Bertz CT molecular complexity index is 682. The van der Waals surface area contributed by atoms with Crippen molar-refractivity contribution in [1.82, 2.24) is 19.4 Å². The van der Waals surface area contributed by atoms with Gasteiger partial charge in [-0.05, 0) is 18.9 Å². The van der Waals surface area contributed by atoms with Gasteiger partial charge < -0.3 is 9.47 Å². The third-order valence-electron chi connectivity index (χ3n) is 5.12. The Kier molecular flexibility index (Phi) is 5.87. The van der Waals surface area contributed by atoms with Crippen LogP contribution in [0.5, 0.6) is 0 Å². The lowest BCUT2D eigenvalue weighted by molar-refractivity contribution is -0.133. The number of hydrogen-bond donors (Lipinski definition) is 0. The van der Waals surface area contributed by atoms with E-state index in [1.54, 1.807) is 0 Å². The third-order valence-corrected chi connectivity index (χ3v) is 5.12. The normalized spacial score (nSPS) is 19.2. The van der Waals surface area contributed by atoms with Gasteiger partial charge in [-0.3, -0.25) is 9.69 Å². The average molecular weight is 340 g/mol. The van der Waals surface area contributed by atoms with Gasteiger partial charge >= 0.3 is 0 Å². The van der Waals surface area contributed by atoms with Crippen LogP contribution in [0.2, 0.25) is 0 Å². The van der Waals surface area contributed by atoms with Crippen molar-refractivity contribution < 1.29 is 4.79 Å². The lowest BCUT2D eigenvalue weighted by atomic mass is 10.1. The number of imidazole rings is 1. The molecule has 1 aliphatic rings. The van der Waals surface area contributed by atoms with Crippen molar-refractivity contribution in [2.75, 3.05) is 19.6 Å². The topological polar surface area (TPSA) is 41.4 Å². The van der Waals surface area contributed by atoms with Crippen molar-refractivity contribution >= 4 is 5.91 Å². The van der Waals surface area contributed by atoms with Crippen LogP contribution in [0.3, 0.4) is 0 Å². The van der Waals surface area contributed by atoms with E-state index in [0.29, 0.717) is 13.0 Å². The van der Waals surface area contributed by atoms with Crippen LogP contribution in [0.4, 0.5) is 0 Å². The minimum absolute atomic E-state index is 0.275. The molecule has 2 heterocycles. The molecule has 1 aromatic carbocycles. The largest absolute Gasteiger partial charge is 0.334 e. The molecule has 1 amide bonds. The molecule has 3 rings (SSSR count). The Morgan fingerprint density at radius 2 is 2.00 bits per heavy atom. The van der Waals surface area contributed by atoms with Gasteiger partial charge in [0.25, 0.3) is 0 Å².